The lowest BCUT2D eigenvalue weighted by Crippen LogP contribution is -2.06. The van der Waals surface area contributed by atoms with Crippen LogP contribution in [0.2, 0.25) is 0 Å². The summed E-state index contributed by atoms with van der Waals surface area (Å²) in [6, 6.07) is 8.11. The molecular weight excluding hydrogens is 278 g/mol. The highest BCUT2D eigenvalue weighted by Gasteiger charge is 2.11. The zero-order valence-electron chi connectivity index (χ0n) is 11.9. The molecule has 110 valence electrons. The van der Waals surface area contributed by atoms with E-state index in [2.05, 4.69) is 33.5 Å². The molecule has 5 nitrogen and oxygen atoms in total. The van der Waals surface area contributed by atoms with Gasteiger partial charge in [-0.3, -0.25) is 9.78 Å². The summed E-state index contributed by atoms with van der Waals surface area (Å²) in [6.07, 6.45) is 5.07. The molecule has 0 radical (unpaired) electrons. The molecule has 0 aliphatic carbocycles. The Bertz CT molecular complexity index is 902. The maximum atomic E-state index is 11.9. The van der Waals surface area contributed by atoms with Crippen LogP contribution in [0, 0.1) is 0 Å². The molecule has 22 heavy (non-hydrogen) atoms. The van der Waals surface area contributed by atoms with Crippen LogP contribution in [0.15, 0.2) is 47.7 Å². The lowest BCUT2D eigenvalue weighted by molar-refractivity contribution is 0.135. The van der Waals surface area contributed by atoms with E-state index in [-0.39, 0.29) is 5.56 Å². The number of benzene rings is 1. The second-order valence-electron chi connectivity index (χ2n) is 5.30. The lowest BCUT2D eigenvalue weighted by atomic mass is 9.99. The molecule has 0 fully saturated rings. The van der Waals surface area contributed by atoms with E-state index in [0.717, 1.165) is 34.3 Å². The summed E-state index contributed by atoms with van der Waals surface area (Å²) in [5.74, 6) is 0. The van der Waals surface area contributed by atoms with Crippen molar-refractivity contribution in [3.05, 3.63) is 58.8 Å². The van der Waals surface area contributed by atoms with Crippen LogP contribution in [-0.2, 0) is 11.3 Å². The minimum Gasteiger partial charge on any atom is -0.382 e. The van der Waals surface area contributed by atoms with E-state index in [1.807, 2.05) is 6.07 Å². The average Bonchev–Trinajstić information content (AvgIpc) is 2.80. The summed E-state index contributed by atoms with van der Waals surface area (Å²) in [6.45, 7) is 2.12. The van der Waals surface area contributed by atoms with Crippen LogP contribution in [0.25, 0.3) is 21.9 Å². The van der Waals surface area contributed by atoms with E-state index >= 15 is 0 Å². The third-order valence-corrected chi connectivity index (χ3v) is 3.94. The number of nitrogens with zero attached hydrogens (tertiary/aromatic N) is 1. The number of pyridine rings is 2. The Hall–Kier alpha value is -2.66. The molecule has 3 heterocycles. The van der Waals surface area contributed by atoms with Crippen molar-refractivity contribution in [1.29, 1.82) is 0 Å². The Morgan fingerprint density at radius 2 is 2.14 bits per heavy atom. The quantitative estimate of drug-likeness (QED) is 0.723. The summed E-state index contributed by atoms with van der Waals surface area (Å²) in [7, 11) is 0. The number of aromatic nitrogens is 2. The molecule has 1 aromatic carbocycles. The predicted octanol–water partition coefficient (Wildman–Crippen LogP) is 2.53. The van der Waals surface area contributed by atoms with Gasteiger partial charge in [0.2, 0.25) is 0 Å². The molecule has 0 atom stereocenters. The molecule has 2 N–H and O–H groups in total. The lowest BCUT2D eigenvalue weighted by Gasteiger charge is -2.11. The topological polar surface area (TPSA) is 67.0 Å². The Kier molecular flexibility index (Phi) is 3.12. The van der Waals surface area contributed by atoms with Crippen molar-refractivity contribution in [3.8, 4) is 11.1 Å². The van der Waals surface area contributed by atoms with Gasteiger partial charge in [0.25, 0.3) is 5.56 Å². The highest BCUT2D eigenvalue weighted by atomic mass is 16.5. The Labute approximate surface area is 127 Å². The summed E-state index contributed by atoms with van der Waals surface area (Å²) in [5.41, 5.74) is 4.16. The van der Waals surface area contributed by atoms with Crippen LogP contribution in [0.1, 0.15) is 5.56 Å². The highest BCUT2D eigenvalue weighted by molar-refractivity contribution is 5.95. The Balaban J connectivity index is 1.91. The Morgan fingerprint density at radius 3 is 3.09 bits per heavy atom. The summed E-state index contributed by atoms with van der Waals surface area (Å²) in [5, 5.41) is 4.86. The van der Waals surface area contributed by atoms with Crippen molar-refractivity contribution < 1.29 is 4.74 Å². The van der Waals surface area contributed by atoms with Gasteiger partial charge in [0.15, 0.2) is 0 Å². The minimum atomic E-state index is -0.119. The number of hydrogen-bond donors (Lipinski definition) is 2. The standard InChI is InChI=1S/C17H15N3O2/c21-17-15-8-18-4-3-13(15)14(9-20-17)11-1-2-16-12(7-11)10-22-6-5-19-16/h1-4,7-9,19H,5-6,10H2,(H,20,21). The van der Waals surface area contributed by atoms with Gasteiger partial charge in [-0.25, -0.2) is 0 Å². The predicted molar refractivity (Wildman–Crippen MR) is 85.9 cm³/mol. The molecule has 0 saturated heterocycles. The number of aromatic amines is 1. The van der Waals surface area contributed by atoms with Crippen LogP contribution in [-0.4, -0.2) is 23.1 Å². The number of H-pyrrole nitrogens is 1. The van der Waals surface area contributed by atoms with E-state index in [1.165, 1.54) is 0 Å². The van der Waals surface area contributed by atoms with E-state index in [9.17, 15) is 4.79 Å². The normalized spacial score (nSPS) is 14.2. The van der Waals surface area contributed by atoms with Gasteiger partial charge in [0, 0.05) is 41.9 Å². The van der Waals surface area contributed by atoms with Gasteiger partial charge >= 0.3 is 0 Å². The fraction of sp³-hybridized carbons (Fsp3) is 0.176. The van der Waals surface area contributed by atoms with Crippen LogP contribution < -0.4 is 10.9 Å². The number of ether oxygens (including phenoxy) is 1. The zero-order valence-corrected chi connectivity index (χ0v) is 11.9. The fourth-order valence-corrected chi connectivity index (χ4v) is 2.84. The number of rotatable bonds is 1. The van der Waals surface area contributed by atoms with E-state index < -0.39 is 0 Å². The van der Waals surface area contributed by atoms with Gasteiger partial charge in [-0.2, -0.15) is 0 Å². The van der Waals surface area contributed by atoms with E-state index in [1.54, 1.807) is 18.6 Å². The van der Waals surface area contributed by atoms with E-state index in [0.29, 0.717) is 18.6 Å². The highest BCUT2D eigenvalue weighted by Crippen LogP contribution is 2.30. The first-order valence-corrected chi connectivity index (χ1v) is 7.23. The number of hydrogen-bond acceptors (Lipinski definition) is 4. The van der Waals surface area contributed by atoms with Gasteiger partial charge in [-0.15, -0.1) is 0 Å². The number of anilines is 1. The van der Waals surface area contributed by atoms with Crippen LogP contribution >= 0.6 is 0 Å². The molecule has 3 aromatic rings. The first-order chi connectivity index (χ1) is 10.8. The molecule has 0 spiro atoms. The molecule has 0 amide bonds. The van der Waals surface area contributed by atoms with E-state index in [4.69, 9.17) is 4.74 Å². The molecule has 1 aliphatic rings. The molecule has 0 saturated carbocycles. The van der Waals surface area contributed by atoms with Gasteiger partial charge in [-0.1, -0.05) is 6.07 Å². The van der Waals surface area contributed by atoms with Gasteiger partial charge in [-0.05, 0) is 29.1 Å². The van der Waals surface area contributed by atoms with Crippen LogP contribution in [0.3, 0.4) is 0 Å². The van der Waals surface area contributed by atoms with Gasteiger partial charge < -0.3 is 15.0 Å². The molecule has 4 rings (SSSR count). The fourth-order valence-electron chi connectivity index (χ4n) is 2.84. The minimum absolute atomic E-state index is 0.119. The van der Waals surface area contributed by atoms with Crippen molar-refractivity contribution >= 4 is 16.5 Å². The van der Waals surface area contributed by atoms with Gasteiger partial charge in [0.05, 0.1) is 18.6 Å². The third kappa shape index (κ3) is 2.16. The molecular formula is C17H15N3O2. The smallest absolute Gasteiger partial charge is 0.257 e. The van der Waals surface area contributed by atoms with Crippen molar-refractivity contribution in [2.75, 3.05) is 18.5 Å². The van der Waals surface area contributed by atoms with Crippen molar-refractivity contribution in [3.63, 3.8) is 0 Å². The first-order valence-electron chi connectivity index (χ1n) is 7.23. The third-order valence-electron chi connectivity index (χ3n) is 3.94. The number of nitrogens with one attached hydrogen (secondary N) is 2. The maximum absolute atomic E-state index is 11.9. The molecule has 0 unspecified atom stereocenters. The van der Waals surface area contributed by atoms with Crippen molar-refractivity contribution in [2.45, 2.75) is 6.61 Å². The maximum Gasteiger partial charge on any atom is 0.257 e. The largest absolute Gasteiger partial charge is 0.382 e. The van der Waals surface area contributed by atoms with Crippen molar-refractivity contribution in [2.24, 2.45) is 0 Å². The van der Waals surface area contributed by atoms with Crippen molar-refractivity contribution in [1.82, 2.24) is 9.97 Å². The Morgan fingerprint density at radius 1 is 1.18 bits per heavy atom. The summed E-state index contributed by atoms with van der Waals surface area (Å²) in [4.78, 5) is 18.7. The molecule has 1 aliphatic heterocycles. The number of fused-ring (bicyclic) bond motifs is 2. The second-order valence-corrected chi connectivity index (χ2v) is 5.30. The summed E-state index contributed by atoms with van der Waals surface area (Å²) < 4.78 is 5.59. The average molecular weight is 293 g/mol. The zero-order chi connectivity index (χ0) is 14.9. The molecule has 0 bridgehead atoms. The molecule has 5 heteroatoms. The van der Waals surface area contributed by atoms with Gasteiger partial charge in [0.1, 0.15) is 0 Å². The monoisotopic (exact) mass is 293 g/mol. The summed E-state index contributed by atoms with van der Waals surface area (Å²) >= 11 is 0. The molecule has 2 aromatic heterocycles. The van der Waals surface area contributed by atoms with Crippen LogP contribution in [0.5, 0.6) is 0 Å². The second kappa shape index (κ2) is 5.27. The SMILES string of the molecule is O=c1[nH]cc(-c2ccc3c(c2)COCCN3)c2ccncc12. The first kappa shape index (κ1) is 13.0. The van der Waals surface area contributed by atoms with Crippen LogP contribution in [0.4, 0.5) is 5.69 Å².